The largest absolute Gasteiger partial charge is 0.465 e. The molecule has 1 aromatic carbocycles. The zero-order chi connectivity index (χ0) is 14.9. The number of rotatable bonds is 5. The molecule has 1 aliphatic rings. The molecule has 7 heteroatoms. The van der Waals surface area contributed by atoms with Gasteiger partial charge < -0.3 is 10.1 Å². The number of carbonyl (C=O) groups excluding carboxylic acids is 1. The molecule has 1 N–H and O–H groups in total. The van der Waals surface area contributed by atoms with E-state index in [2.05, 4.69) is 17.0 Å². The van der Waals surface area contributed by atoms with Crippen molar-refractivity contribution in [2.45, 2.75) is 19.8 Å². The van der Waals surface area contributed by atoms with Crippen LogP contribution < -0.4 is 5.32 Å². The Labute approximate surface area is 115 Å². The van der Waals surface area contributed by atoms with Gasteiger partial charge in [0.05, 0.1) is 23.7 Å². The molecule has 0 radical (unpaired) electrons. The number of hydrogen-bond donors (Lipinski definition) is 1. The van der Waals surface area contributed by atoms with Crippen LogP contribution in [0.5, 0.6) is 0 Å². The minimum atomic E-state index is -0.966. The van der Waals surface area contributed by atoms with E-state index in [0.717, 1.165) is 32.1 Å². The number of nitrogens with zero attached hydrogens (tertiary/aromatic N) is 1. The Morgan fingerprint density at radius 2 is 2.20 bits per heavy atom. The Balaban J connectivity index is 2.34. The van der Waals surface area contributed by atoms with Crippen molar-refractivity contribution < 1.29 is 18.8 Å². The van der Waals surface area contributed by atoms with Gasteiger partial charge in [0.2, 0.25) is 0 Å². The van der Waals surface area contributed by atoms with Gasteiger partial charge in [-0.3, -0.25) is 10.1 Å². The predicted octanol–water partition coefficient (Wildman–Crippen LogP) is 2.73. The number of benzene rings is 1. The normalized spacial score (nSPS) is 15.6. The lowest BCUT2D eigenvalue weighted by molar-refractivity contribution is -0.384. The van der Waals surface area contributed by atoms with Gasteiger partial charge in [0, 0.05) is 6.54 Å². The number of nitrogens with one attached hydrogen (secondary N) is 1. The molecule has 1 aromatic rings. The van der Waals surface area contributed by atoms with Crippen LogP contribution in [0.25, 0.3) is 0 Å². The van der Waals surface area contributed by atoms with Crippen LogP contribution >= 0.6 is 0 Å². The van der Waals surface area contributed by atoms with Crippen molar-refractivity contribution in [2.24, 2.45) is 5.41 Å². The van der Waals surface area contributed by atoms with Crippen molar-refractivity contribution in [1.29, 1.82) is 0 Å². The number of nitro groups is 1. The number of anilines is 1. The van der Waals surface area contributed by atoms with E-state index in [1.807, 2.05) is 0 Å². The topological polar surface area (TPSA) is 81.5 Å². The second kappa shape index (κ2) is 5.07. The van der Waals surface area contributed by atoms with Gasteiger partial charge in [0.1, 0.15) is 11.5 Å². The molecule has 2 rings (SSSR count). The van der Waals surface area contributed by atoms with Gasteiger partial charge in [0.15, 0.2) is 0 Å². The van der Waals surface area contributed by atoms with Crippen LogP contribution in [-0.2, 0) is 4.74 Å². The van der Waals surface area contributed by atoms with E-state index in [1.165, 1.54) is 0 Å². The second-order valence-corrected chi connectivity index (χ2v) is 5.26. The fourth-order valence-corrected chi connectivity index (χ4v) is 1.82. The lowest BCUT2D eigenvalue weighted by Gasteiger charge is -2.12. The van der Waals surface area contributed by atoms with Crippen LogP contribution in [0, 0.1) is 21.3 Å². The van der Waals surface area contributed by atoms with E-state index < -0.39 is 16.7 Å². The summed E-state index contributed by atoms with van der Waals surface area (Å²) in [7, 11) is 1.13. The van der Waals surface area contributed by atoms with Crippen LogP contribution in [0.3, 0.4) is 0 Å². The summed E-state index contributed by atoms with van der Waals surface area (Å²) in [6.45, 7) is 2.59. The predicted molar refractivity (Wildman–Crippen MR) is 70.2 cm³/mol. The summed E-state index contributed by atoms with van der Waals surface area (Å²) in [6.07, 6.45) is 2.08. The Morgan fingerprint density at radius 3 is 2.70 bits per heavy atom. The highest BCUT2D eigenvalue weighted by Crippen LogP contribution is 2.45. The van der Waals surface area contributed by atoms with E-state index in [9.17, 15) is 19.3 Å². The van der Waals surface area contributed by atoms with Crippen molar-refractivity contribution in [2.75, 3.05) is 19.0 Å². The summed E-state index contributed by atoms with van der Waals surface area (Å²) in [6, 6.07) is 1.87. The molecule has 0 amide bonds. The lowest BCUT2D eigenvalue weighted by Crippen LogP contribution is -2.14. The molecule has 0 aliphatic heterocycles. The van der Waals surface area contributed by atoms with E-state index in [-0.39, 0.29) is 22.4 Å². The molecule has 108 valence electrons. The van der Waals surface area contributed by atoms with Crippen molar-refractivity contribution >= 4 is 17.3 Å². The molecule has 20 heavy (non-hydrogen) atoms. The maximum Gasteiger partial charge on any atom is 0.340 e. The van der Waals surface area contributed by atoms with Crippen LogP contribution in [0.15, 0.2) is 12.1 Å². The molecule has 0 unspecified atom stereocenters. The first-order chi connectivity index (χ1) is 9.36. The Morgan fingerprint density at radius 1 is 1.55 bits per heavy atom. The zero-order valence-electron chi connectivity index (χ0n) is 11.2. The van der Waals surface area contributed by atoms with Crippen LogP contribution in [0.4, 0.5) is 15.8 Å². The van der Waals surface area contributed by atoms with E-state index in [0.29, 0.717) is 6.54 Å². The maximum absolute atomic E-state index is 13.7. The molecular formula is C13H15FN2O4. The highest BCUT2D eigenvalue weighted by molar-refractivity contribution is 5.91. The first kappa shape index (κ1) is 14.2. The molecule has 6 nitrogen and oxygen atoms in total. The third-order valence-corrected chi connectivity index (χ3v) is 3.50. The number of halogens is 1. The molecule has 1 fully saturated rings. The maximum atomic E-state index is 13.7. The fraction of sp³-hybridized carbons (Fsp3) is 0.462. The highest BCUT2D eigenvalue weighted by Gasteiger charge is 2.37. The average Bonchev–Trinajstić information content (AvgIpc) is 3.14. The van der Waals surface area contributed by atoms with Crippen LogP contribution in [0.2, 0.25) is 0 Å². The minimum absolute atomic E-state index is 0.119. The first-order valence-corrected chi connectivity index (χ1v) is 6.16. The van der Waals surface area contributed by atoms with Gasteiger partial charge in [-0.25, -0.2) is 9.18 Å². The number of esters is 1. The molecule has 0 bridgehead atoms. The fourth-order valence-electron chi connectivity index (χ4n) is 1.82. The molecule has 0 heterocycles. The molecule has 1 saturated carbocycles. The quantitative estimate of drug-likeness (QED) is 0.510. The van der Waals surface area contributed by atoms with E-state index in [1.54, 1.807) is 0 Å². The lowest BCUT2D eigenvalue weighted by atomic mass is 10.1. The first-order valence-electron chi connectivity index (χ1n) is 6.16. The standard InChI is InChI=1S/C13H15FN2O4/c1-13(3-4-13)7-15-10-5-8(12(17)20-2)9(14)6-11(10)16(18)19/h5-6,15H,3-4,7H2,1-2H3. The van der Waals surface area contributed by atoms with Gasteiger partial charge in [-0.2, -0.15) is 0 Å². The molecule has 0 aromatic heterocycles. The Kier molecular flexibility index (Phi) is 3.61. The van der Waals surface area contributed by atoms with Crippen LogP contribution in [0.1, 0.15) is 30.1 Å². The summed E-state index contributed by atoms with van der Waals surface area (Å²) in [5.74, 6) is -1.83. The molecule has 1 aliphatic carbocycles. The number of carbonyl (C=O) groups is 1. The number of hydrogen-bond acceptors (Lipinski definition) is 5. The average molecular weight is 282 g/mol. The third-order valence-electron chi connectivity index (χ3n) is 3.50. The van der Waals surface area contributed by atoms with Gasteiger partial charge in [0.25, 0.3) is 5.69 Å². The smallest absolute Gasteiger partial charge is 0.340 e. The van der Waals surface area contributed by atoms with Crippen LogP contribution in [-0.4, -0.2) is 24.5 Å². The summed E-state index contributed by atoms with van der Waals surface area (Å²) in [5.41, 5.74) is -0.459. The monoisotopic (exact) mass is 282 g/mol. The summed E-state index contributed by atoms with van der Waals surface area (Å²) in [5, 5.41) is 13.9. The zero-order valence-corrected chi connectivity index (χ0v) is 11.2. The van der Waals surface area contributed by atoms with Crippen molar-refractivity contribution in [3.05, 3.63) is 33.6 Å². The minimum Gasteiger partial charge on any atom is -0.465 e. The third kappa shape index (κ3) is 2.87. The number of methoxy groups -OCH3 is 1. The van der Waals surface area contributed by atoms with E-state index in [4.69, 9.17) is 0 Å². The molecule has 0 spiro atoms. The van der Waals surface area contributed by atoms with Gasteiger partial charge in [-0.15, -0.1) is 0 Å². The Hall–Kier alpha value is -2.18. The second-order valence-electron chi connectivity index (χ2n) is 5.26. The summed E-state index contributed by atoms with van der Waals surface area (Å²) in [4.78, 5) is 21.7. The SMILES string of the molecule is COC(=O)c1cc(NCC2(C)CC2)c([N+](=O)[O-])cc1F. The molecule has 0 atom stereocenters. The number of nitro benzene ring substituents is 1. The Bertz CT molecular complexity index is 570. The van der Waals surface area contributed by atoms with Gasteiger partial charge in [-0.1, -0.05) is 6.92 Å². The van der Waals surface area contributed by atoms with Gasteiger partial charge >= 0.3 is 5.97 Å². The van der Waals surface area contributed by atoms with Crippen molar-refractivity contribution in [1.82, 2.24) is 0 Å². The molecule has 0 saturated heterocycles. The summed E-state index contributed by atoms with van der Waals surface area (Å²) < 4.78 is 18.1. The van der Waals surface area contributed by atoms with E-state index >= 15 is 0 Å². The van der Waals surface area contributed by atoms with Crippen molar-refractivity contribution in [3.63, 3.8) is 0 Å². The molecular weight excluding hydrogens is 267 g/mol. The summed E-state index contributed by atoms with van der Waals surface area (Å²) >= 11 is 0. The van der Waals surface area contributed by atoms with Gasteiger partial charge in [-0.05, 0) is 24.3 Å². The number of ether oxygens (including phenoxy) is 1. The van der Waals surface area contributed by atoms with Crippen molar-refractivity contribution in [3.8, 4) is 0 Å². The highest BCUT2D eigenvalue weighted by atomic mass is 19.1.